The zero-order valence-corrected chi connectivity index (χ0v) is 11.6. The van der Waals surface area contributed by atoms with Gasteiger partial charge in [0.05, 0.1) is 11.1 Å². The molecule has 2 rings (SSSR count). The van der Waals surface area contributed by atoms with Crippen LogP contribution in [-0.4, -0.2) is 34.8 Å². The van der Waals surface area contributed by atoms with Crippen LogP contribution in [0.2, 0.25) is 0 Å². The van der Waals surface area contributed by atoms with Gasteiger partial charge in [-0.1, -0.05) is 6.07 Å². The van der Waals surface area contributed by atoms with Crippen LogP contribution in [0.25, 0.3) is 0 Å². The fraction of sp³-hybridized carbons (Fsp3) is 0.357. The van der Waals surface area contributed by atoms with Crippen LogP contribution in [0.3, 0.4) is 0 Å². The molecule has 2 amide bonds. The summed E-state index contributed by atoms with van der Waals surface area (Å²) in [6.07, 6.45) is 0. The van der Waals surface area contributed by atoms with Crippen molar-refractivity contribution in [3.05, 3.63) is 29.3 Å². The van der Waals surface area contributed by atoms with Gasteiger partial charge in [-0.2, -0.15) is 0 Å². The van der Waals surface area contributed by atoms with Gasteiger partial charge in [0.1, 0.15) is 12.1 Å². The largest absolute Gasteiger partial charge is 0.459 e. The number of imide groups is 1. The topological polar surface area (TPSA) is 89.7 Å². The monoisotopic (exact) mass is 276 g/mol. The van der Waals surface area contributed by atoms with Crippen LogP contribution in [-0.2, 0) is 9.53 Å². The zero-order valence-electron chi connectivity index (χ0n) is 11.6. The Morgan fingerprint density at radius 1 is 1.25 bits per heavy atom. The molecule has 0 radical (unpaired) electrons. The molecule has 0 unspecified atom stereocenters. The van der Waals surface area contributed by atoms with Crippen LogP contribution in [0.1, 0.15) is 41.5 Å². The molecule has 0 aliphatic carbocycles. The summed E-state index contributed by atoms with van der Waals surface area (Å²) >= 11 is 0. The maximum Gasteiger partial charge on any atom is 0.326 e. The van der Waals surface area contributed by atoms with Crippen LogP contribution >= 0.6 is 0 Å². The number of fused-ring (bicyclic) bond motifs is 1. The predicted octanol–water partition coefficient (Wildman–Crippen LogP) is 1.21. The second-order valence-corrected chi connectivity index (χ2v) is 5.55. The Hall–Kier alpha value is -2.37. The van der Waals surface area contributed by atoms with Crippen molar-refractivity contribution >= 4 is 23.5 Å². The lowest BCUT2D eigenvalue weighted by molar-refractivity contribution is -0.155. The molecule has 1 aliphatic rings. The SMILES string of the molecule is CC(C)(C)OC(=O)CN1C(=O)c2cccc(N)c2C1=O. The molecule has 20 heavy (non-hydrogen) atoms. The first kappa shape index (κ1) is 14.0. The zero-order chi connectivity index (χ0) is 15.1. The van der Waals surface area contributed by atoms with Gasteiger partial charge in [-0.15, -0.1) is 0 Å². The van der Waals surface area contributed by atoms with Gasteiger partial charge in [-0.25, -0.2) is 0 Å². The number of nitrogens with two attached hydrogens (primary N) is 1. The summed E-state index contributed by atoms with van der Waals surface area (Å²) in [5, 5.41) is 0. The third-order valence-corrected chi connectivity index (χ3v) is 2.74. The lowest BCUT2D eigenvalue weighted by Gasteiger charge is -2.21. The number of carbonyl (C=O) groups excluding carboxylic acids is 3. The second-order valence-electron chi connectivity index (χ2n) is 5.55. The van der Waals surface area contributed by atoms with E-state index in [4.69, 9.17) is 10.5 Å². The van der Waals surface area contributed by atoms with Crippen molar-refractivity contribution in [2.45, 2.75) is 26.4 Å². The Bertz CT molecular complexity index is 602. The van der Waals surface area contributed by atoms with Gasteiger partial charge in [0.15, 0.2) is 0 Å². The molecule has 0 bridgehead atoms. The van der Waals surface area contributed by atoms with Gasteiger partial charge in [0.2, 0.25) is 0 Å². The highest BCUT2D eigenvalue weighted by Crippen LogP contribution is 2.27. The summed E-state index contributed by atoms with van der Waals surface area (Å²) < 4.78 is 5.11. The van der Waals surface area contributed by atoms with Crippen molar-refractivity contribution in [1.29, 1.82) is 0 Å². The molecular formula is C14H16N2O4. The molecule has 6 nitrogen and oxygen atoms in total. The molecule has 0 saturated heterocycles. The van der Waals surface area contributed by atoms with Crippen molar-refractivity contribution in [1.82, 2.24) is 4.90 Å². The highest BCUT2D eigenvalue weighted by atomic mass is 16.6. The van der Waals surface area contributed by atoms with Gasteiger partial charge in [-0.3, -0.25) is 19.3 Å². The first-order chi connectivity index (χ1) is 9.20. The number of rotatable bonds is 2. The average Bonchev–Trinajstić information content (AvgIpc) is 2.53. The van der Waals surface area contributed by atoms with Gasteiger partial charge in [0.25, 0.3) is 11.8 Å². The van der Waals surface area contributed by atoms with Gasteiger partial charge in [0, 0.05) is 5.69 Å². The van der Waals surface area contributed by atoms with Crippen molar-refractivity contribution < 1.29 is 19.1 Å². The molecule has 0 atom stereocenters. The third kappa shape index (κ3) is 2.49. The number of esters is 1. The minimum atomic E-state index is -0.672. The number of nitrogens with zero attached hydrogens (tertiary/aromatic N) is 1. The molecule has 1 aromatic carbocycles. The summed E-state index contributed by atoms with van der Waals surface area (Å²) in [6.45, 7) is 4.73. The summed E-state index contributed by atoms with van der Waals surface area (Å²) in [5.74, 6) is -1.72. The number of benzene rings is 1. The molecular weight excluding hydrogens is 260 g/mol. The first-order valence-corrected chi connectivity index (χ1v) is 6.17. The lowest BCUT2D eigenvalue weighted by atomic mass is 10.1. The minimum Gasteiger partial charge on any atom is -0.459 e. The fourth-order valence-electron chi connectivity index (χ4n) is 2.01. The van der Waals surface area contributed by atoms with E-state index in [-0.39, 0.29) is 16.8 Å². The van der Waals surface area contributed by atoms with Crippen molar-refractivity contribution in [2.24, 2.45) is 0 Å². The average molecular weight is 276 g/mol. The summed E-state index contributed by atoms with van der Waals surface area (Å²) in [7, 11) is 0. The maximum atomic E-state index is 12.1. The molecule has 2 N–H and O–H groups in total. The van der Waals surface area contributed by atoms with E-state index < -0.39 is 29.9 Å². The Morgan fingerprint density at radius 2 is 1.90 bits per heavy atom. The van der Waals surface area contributed by atoms with E-state index in [1.807, 2.05) is 0 Å². The summed E-state index contributed by atoms with van der Waals surface area (Å²) in [5.41, 5.74) is 5.64. The van der Waals surface area contributed by atoms with E-state index in [0.717, 1.165) is 4.90 Å². The standard InChI is InChI=1S/C14H16N2O4/c1-14(2,3)20-10(17)7-16-12(18)8-5-4-6-9(15)11(8)13(16)19/h4-6H,7,15H2,1-3H3. The highest BCUT2D eigenvalue weighted by molar-refractivity contribution is 6.24. The van der Waals surface area contributed by atoms with Gasteiger partial charge < -0.3 is 10.5 Å². The van der Waals surface area contributed by atoms with Crippen LogP contribution in [0.5, 0.6) is 0 Å². The number of hydrogen-bond acceptors (Lipinski definition) is 5. The highest BCUT2D eigenvalue weighted by Gasteiger charge is 2.38. The van der Waals surface area contributed by atoms with E-state index in [1.54, 1.807) is 32.9 Å². The smallest absolute Gasteiger partial charge is 0.326 e. The number of hydrogen-bond donors (Lipinski definition) is 1. The first-order valence-electron chi connectivity index (χ1n) is 6.17. The van der Waals surface area contributed by atoms with Gasteiger partial charge >= 0.3 is 5.97 Å². The third-order valence-electron chi connectivity index (χ3n) is 2.74. The molecule has 1 heterocycles. The van der Waals surface area contributed by atoms with Crippen molar-refractivity contribution in [3.63, 3.8) is 0 Å². The van der Waals surface area contributed by atoms with E-state index in [0.29, 0.717) is 0 Å². The molecule has 0 spiro atoms. The second kappa shape index (κ2) is 4.63. The molecule has 6 heteroatoms. The van der Waals surface area contributed by atoms with Crippen LogP contribution in [0, 0.1) is 0 Å². The Kier molecular flexibility index (Phi) is 3.25. The normalized spacial score (nSPS) is 14.4. The molecule has 0 saturated carbocycles. The number of anilines is 1. The molecule has 0 aromatic heterocycles. The van der Waals surface area contributed by atoms with Crippen LogP contribution in [0.4, 0.5) is 5.69 Å². The Labute approximate surface area is 116 Å². The quantitative estimate of drug-likeness (QED) is 0.498. The number of amides is 2. The Morgan fingerprint density at radius 3 is 2.45 bits per heavy atom. The molecule has 1 aromatic rings. The van der Waals surface area contributed by atoms with E-state index in [1.165, 1.54) is 6.07 Å². The predicted molar refractivity (Wildman–Crippen MR) is 72.1 cm³/mol. The lowest BCUT2D eigenvalue weighted by Crippen LogP contribution is -2.38. The van der Waals surface area contributed by atoms with Crippen molar-refractivity contribution in [3.8, 4) is 0 Å². The maximum absolute atomic E-state index is 12.1. The van der Waals surface area contributed by atoms with E-state index >= 15 is 0 Å². The van der Waals surface area contributed by atoms with Gasteiger partial charge in [-0.05, 0) is 32.9 Å². The minimum absolute atomic E-state index is 0.154. The number of nitrogen functional groups attached to an aromatic ring is 1. The summed E-state index contributed by atoms with van der Waals surface area (Å²) in [6, 6.07) is 4.65. The Balaban J connectivity index is 2.21. The number of carbonyl (C=O) groups is 3. The molecule has 106 valence electrons. The van der Waals surface area contributed by atoms with E-state index in [9.17, 15) is 14.4 Å². The number of ether oxygens (including phenoxy) is 1. The van der Waals surface area contributed by atoms with Crippen LogP contribution in [0.15, 0.2) is 18.2 Å². The fourth-order valence-corrected chi connectivity index (χ4v) is 2.01. The van der Waals surface area contributed by atoms with Crippen molar-refractivity contribution in [2.75, 3.05) is 12.3 Å². The molecule has 0 fully saturated rings. The van der Waals surface area contributed by atoms with E-state index in [2.05, 4.69) is 0 Å². The van der Waals surface area contributed by atoms with Crippen LogP contribution < -0.4 is 5.73 Å². The molecule has 1 aliphatic heterocycles. The summed E-state index contributed by atoms with van der Waals surface area (Å²) in [4.78, 5) is 36.8.